The Balaban J connectivity index is 1.52. The number of amides is 1. The normalized spacial score (nSPS) is 18.4. The van der Waals surface area contributed by atoms with E-state index < -0.39 is 28.3 Å². The van der Waals surface area contributed by atoms with Crippen LogP contribution >= 0.6 is 11.3 Å². The van der Waals surface area contributed by atoms with Gasteiger partial charge in [-0.05, 0) is 25.7 Å². The van der Waals surface area contributed by atoms with Crippen molar-refractivity contribution in [2.24, 2.45) is 5.92 Å². The van der Waals surface area contributed by atoms with E-state index in [2.05, 4.69) is 31.0 Å². The minimum Gasteiger partial charge on any atom is -0.593 e. The first-order valence-corrected chi connectivity index (χ1v) is 13.4. The highest BCUT2D eigenvalue weighted by Gasteiger charge is 2.48. The average Bonchev–Trinajstić information content (AvgIpc) is 3.27. The molecule has 0 radical (unpaired) electrons. The van der Waals surface area contributed by atoms with Crippen molar-refractivity contribution in [2.45, 2.75) is 42.5 Å². The molecule has 1 N–H and O–H groups in total. The number of hydrogen-bond acceptors (Lipinski definition) is 9. The Kier molecular flexibility index (Phi) is 6.58. The summed E-state index contributed by atoms with van der Waals surface area (Å²) in [6.07, 6.45) is 1.47. The Labute approximate surface area is 213 Å². The molecule has 14 heteroatoms. The third-order valence-corrected chi connectivity index (χ3v) is 8.68. The van der Waals surface area contributed by atoms with Gasteiger partial charge in [0.1, 0.15) is 5.54 Å². The first kappa shape index (κ1) is 24.8. The molecule has 0 bridgehead atoms. The van der Waals surface area contributed by atoms with E-state index in [4.69, 9.17) is 0 Å². The zero-order chi connectivity index (χ0) is 25.6. The predicted octanol–water partition coefficient (Wildman–Crippen LogP) is 2.79. The Morgan fingerprint density at radius 1 is 1.33 bits per heavy atom. The predicted molar refractivity (Wildman–Crippen MR) is 130 cm³/mol. The zero-order valence-corrected chi connectivity index (χ0v) is 21.3. The number of rotatable bonds is 7. The SMILES string of the molecule is CN(C)C(=O)C1CCN(c2cc([S+]([O-])NC3(C#N)CC3)cc3c2cnn3-c2nnc(C(F)F)s2)CC1. The molecule has 1 unspecified atom stereocenters. The summed E-state index contributed by atoms with van der Waals surface area (Å²) in [4.78, 5) is 16.6. The smallest absolute Gasteiger partial charge is 0.291 e. The molecule has 1 aliphatic heterocycles. The van der Waals surface area contributed by atoms with Crippen molar-refractivity contribution in [3.05, 3.63) is 23.3 Å². The van der Waals surface area contributed by atoms with Crippen molar-refractivity contribution in [1.29, 1.82) is 5.26 Å². The van der Waals surface area contributed by atoms with Crippen molar-refractivity contribution in [1.82, 2.24) is 29.6 Å². The number of nitriles is 1. The van der Waals surface area contributed by atoms with E-state index in [0.717, 1.165) is 22.4 Å². The minimum atomic E-state index is -2.74. The molecule has 1 amide bonds. The van der Waals surface area contributed by atoms with Crippen LogP contribution in [-0.2, 0) is 16.2 Å². The van der Waals surface area contributed by atoms with Gasteiger partial charge in [-0.15, -0.1) is 14.9 Å². The Hall–Kier alpha value is -2.86. The standard InChI is InChI=1S/C22H24F2N8O2S2/c1-30(2)20(33)13-3-7-31(8-4-13)16-9-14(36(34)29-22(12-25)5-6-22)10-17-15(16)11-26-32(17)21-28-27-19(35-21)18(23)24/h9-11,13,18,29H,3-8H2,1-2H3. The number of fused-ring (bicyclic) bond motifs is 1. The van der Waals surface area contributed by atoms with Gasteiger partial charge in [0.05, 0.1) is 34.8 Å². The summed E-state index contributed by atoms with van der Waals surface area (Å²) < 4.78 is 43.8. The highest BCUT2D eigenvalue weighted by Crippen LogP contribution is 2.38. The number of carbonyl (C=O) groups is 1. The van der Waals surface area contributed by atoms with E-state index in [1.54, 1.807) is 31.3 Å². The van der Waals surface area contributed by atoms with Crippen LogP contribution in [0.25, 0.3) is 16.0 Å². The molecular formula is C22H24F2N8O2S2. The van der Waals surface area contributed by atoms with E-state index in [-0.39, 0.29) is 17.0 Å². The van der Waals surface area contributed by atoms with Gasteiger partial charge < -0.3 is 14.4 Å². The van der Waals surface area contributed by atoms with E-state index in [1.165, 1.54) is 4.68 Å². The number of halogens is 2. The fourth-order valence-corrected chi connectivity index (χ4v) is 6.17. The number of carbonyl (C=O) groups excluding carboxylic acids is 1. The quantitative estimate of drug-likeness (QED) is 0.459. The lowest BCUT2D eigenvalue weighted by atomic mass is 9.95. The van der Waals surface area contributed by atoms with E-state index >= 15 is 0 Å². The molecule has 1 saturated carbocycles. The molecule has 1 saturated heterocycles. The summed E-state index contributed by atoms with van der Waals surface area (Å²) in [6.45, 7) is 1.23. The number of hydrogen-bond donors (Lipinski definition) is 1. The van der Waals surface area contributed by atoms with Gasteiger partial charge in [-0.25, -0.2) is 13.5 Å². The summed E-state index contributed by atoms with van der Waals surface area (Å²) in [6, 6.07) is 5.67. The van der Waals surface area contributed by atoms with Gasteiger partial charge in [0, 0.05) is 50.6 Å². The van der Waals surface area contributed by atoms with Gasteiger partial charge in [-0.1, -0.05) is 11.3 Å². The lowest BCUT2D eigenvalue weighted by Crippen LogP contribution is -2.40. The lowest BCUT2D eigenvalue weighted by Gasteiger charge is -2.34. The second-order valence-corrected chi connectivity index (χ2v) is 11.4. The molecule has 0 spiro atoms. The van der Waals surface area contributed by atoms with Crippen LogP contribution < -0.4 is 9.62 Å². The first-order valence-electron chi connectivity index (χ1n) is 11.4. The second kappa shape index (κ2) is 9.55. The third-order valence-electron chi connectivity index (χ3n) is 6.53. The summed E-state index contributed by atoms with van der Waals surface area (Å²) in [5.41, 5.74) is 0.527. The molecule has 190 valence electrons. The maximum Gasteiger partial charge on any atom is 0.291 e. The van der Waals surface area contributed by atoms with Gasteiger partial charge in [-0.2, -0.15) is 10.4 Å². The van der Waals surface area contributed by atoms with Gasteiger partial charge >= 0.3 is 0 Å². The number of nitrogens with one attached hydrogen (secondary N) is 1. The van der Waals surface area contributed by atoms with Gasteiger partial charge in [-0.3, -0.25) is 4.79 Å². The van der Waals surface area contributed by atoms with E-state index in [0.29, 0.717) is 49.2 Å². The van der Waals surface area contributed by atoms with Crippen LogP contribution in [0.2, 0.25) is 0 Å². The van der Waals surface area contributed by atoms with Crippen LogP contribution in [0.5, 0.6) is 0 Å². The molecule has 10 nitrogen and oxygen atoms in total. The van der Waals surface area contributed by atoms with Gasteiger partial charge in [0.2, 0.25) is 11.0 Å². The first-order chi connectivity index (χ1) is 17.2. The molecule has 3 heterocycles. The van der Waals surface area contributed by atoms with Crippen molar-refractivity contribution < 1.29 is 18.1 Å². The highest BCUT2D eigenvalue weighted by atomic mass is 32.2. The highest BCUT2D eigenvalue weighted by molar-refractivity contribution is 7.89. The second-order valence-electron chi connectivity index (χ2n) is 9.21. The van der Waals surface area contributed by atoms with Crippen molar-refractivity contribution in [3.63, 3.8) is 0 Å². The number of nitrogens with zero attached hydrogens (tertiary/aromatic N) is 7. The fourth-order valence-electron chi connectivity index (χ4n) is 4.33. The number of aromatic nitrogens is 4. The van der Waals surface area contributed by atoms with Crippen molar-refractivity contribution >= 4 is 45.2 Å². The van der Waals surface area contributed by atoms with Crippen LogP contribution in [0.15, 0.2) is 23.2 Å². The van der Waals surface area contributed by atoms with Crippen LogP contribution in [0.4, 0.5) is 14.5 Å². The van der Waals surface area contributed by atoms with E-state index in [9.17, 15) is 23.4 Å². The van der Waals surface area contributed by atoms with Crippen LogP contribution in [0, 0.1) is 17.2 Å². The molecule has 1 aliphatic carbocycles. The number of anilines is 1. The van der Waals surface area contributed by atoms with Crippen molar-refractivity contribution in [2.75, 3.05) is 32.1 Å². The third kappa shape index (κ3) is 4.63. The molecular weight excluding hydrogens is 510 g/mol. The molecule has 1 aromatic carbocycles. The minimum absolute atomic E-state index is 0.0621. The maximum atomic E-state index is 13.2. The number of benzene rings is 1. The summed E-state index contributed by atoms with van der Waals surface area (Å²) >= 11 is -0.949. The maximum absolute atomic E-state index is 13.2. The Bertz CT molecular complexity index is 1330. The number of alkyl halides is 2. The van der Waals surface area contributed by atoms with Crippen LogP contribution in [-0.4, -0.2) is 68.1 Å². The molecule has 2 aliphatic rings. The molecule has 36 heavy (non-hydrogen) atoms. The largest absolute Gasteiger partial charge is 0.593 e. The van der Waals surface area contributed by atoms with Gasteiger partial charge in [0.15, 0.2) is 9.90 Å². The molecule has 2 fully saturated rings. The summed E-state index contributed by atoms with van der Waals surface area (Å²) in [7, 11) is 3.50. The van der Waals surface area contributed by atoms with Crippen LogP contribution in [0.1, 0.15) is 37.1 Å². The lowest BCUT2D eigenvalue weighted by molar-refractivity contribution is -0.133. The summed E-state index contributed by atoms with van der Waals surface area (Å²) in [5, 5.41) is 21.7. The molecule has 3 aromatic rings. The zero-order valence-electron chi connectivity index (χ0n) is 19.6. The summed E-state index contributed by atoms with van der Waals surface area (Å²) in [5.74, 6) is 0.0389. The number of piperidine rings is 1. The van der Waals surface area contributed by atoms with Crippen LogP contribution in [0.3, 0.4) is 0 Å². The topological polar surface area (TPSA) is 126 Å². The molecule has 2 aromatic heterocycles. The molecule has 1 atom stereocenters. The van der Waals surface area contributed by atoms with E-state index in [1.807, 2.05) is 6.07 Å². The average molecular weight is 535 g/mol. The van der Waals surface area contributed by atoms with Crippen molar-refractivity contribution in [3.8, 4) is 11.2 Å². The Morgan fingerprint density at radius 3 is 2.64 bits per heavy atom. The van der Waals surface area contributed by atoms with Gasteiger partial charge in [0.25, 0.3) is 6.43 Å². The fraction of sp³-hybridized carbons (Fsp3) is 0.500. The Morgan fingerprint density at radius 2 is 2.06 bits per heavy atom. The molecule has 5 rings (SSSR count). The monoisotopic (exact) mass is 534 g/mol.